The molecule has 0 aliphatic rings. The molecule has 0 amide bonds. The van der Waals surface area contributed by atoms with Crippen LogP contribution in [0.25, 0.3) is 0 Å². The summed E-state index contributed by atoms with van der Waals surface area (Å²) in [5.74, 6) is 0.955. The van der Waals surface area contributed by atoms with Gasteiger partial charge in [0.2, 0.25) is 0 Å². The molecule has 0 saturated heterocycles. The van der Waals surface area contributed by atoms with Crippen molar-refractivity contribution in [3.05, 3.63) is 23.8 Å². The van der Waals surface area contributed by atoms with Gasteiger partial charge < -0.3 is 14.8 Å². The van der Waals surface area contributed by atoms with Gasteiger partial charge in [0, 0.05) is 0 Å². The Hall–Kier alpha value is -1.36. The Morgan fingerprint density at radius 1 is 1.18 bits per heavy atom. The average molecular weight is 245 g/mol. The minimum Gasteiger partial charge on any atom is -0.493 e. The van der Waals surface area contributed by atoms with E-state index >= 15 is 0 Å². The maximum atomic E-state index is 13.1. The summed E-state index contributed by atoms with van der Waals surface area (Å²) in [5.41, 5.74) is -0.952. The van der Waals surface area contributed by atoms with Gasteiger partial charge in [-0.15, -0.1) is 0 Å². The third-order valence-corrected chi connectivity index (χ3v) is 2.94. The van der Waals surface area contributed by atoms with Crippen molar-refractivity contribution in [1.82, 2.24) is 5.32 Å². The fraction of sp³-hybridized carbons (Fsp3) is 0.500. The molecule has 3 nitrogen and oxygen atoms in total. The lowest BCUT2D eigenvalue weighted by molar-refractivity contribution is 0.0430. The molecule has 0 aliphatic heterocycles. The van der Waals surface area contributed by atoms with Crippen LogP contribution in [-0.2, 0) is 5.54 Å². The van der Waals surface area contributed by atoms with Crippen LogP contribution >= 0.6 is 0 Å². The zero-order valence-corrected chi connectivity index (χ0v) is 10.4. The third-order valence-electron chi connectivity index (χ3n) is 2.94. The molecule has 1 aromatic rings. The topological polar surface area (TPSA) is 30.5 Å². The second-order valence-corrected chi connectivity index (χ2v) is 3.82. The van der Waals surface area contributed by atoms with Crippen LogP contribution in [0.5, 0.6) is 11.5 Å². The van der Waals surface area contributed by atoms with Crippen molar-refractivity contribution in [1.29, 1.82) is 0 Å². The van der Waals surface area contributed by atoms with E-state index in [0.29, 0.717) is 17.1 Å². The van der Waals surface area contributed by atoms with E-state index in [1.165, 1.54) is 28.2 Å². The zero-order chi connectivity index (χ0) is 13.1. The fourth-order valence-electron chi connectivity index (χ4n) is 1.54. The molecule has 0 aliphatic carbocycles. The van der Waals surface area contributed by atoms with Crippen LogP contribution in [0.4, 0.5) is 8.78 Å². The van der Waals surface area contributed by atoms with Gasteiger partial charge in [0.1, 0.15) is 5.54 Å². The van der Waals surface area contributed by atoms with E-state index in [1.54, 1.807) is 18.2 Å². The molecule has 0 bridgehead atoms. The highest BCUT2D eigenvalue weighted by Crippen LogP contribution is 2.34. The first-order chi connectivity index (χ1) is 7.99. The van der Waals surface area contributed by atoms with Gasteiger partial charge in [0.25, 0.3) is 6.43 Å². The average Bonchev–Trinajstić information content (AvgIpc) is 2.36. The Kier molecular flexibility index (Phi) is 4.28. The van der Waals surface area contributed by atoms with Crippen LogP contribution in [0, 0.1) is 0 Å². The van der Waals surface area contributed by atoms with Crippen LogP contribution in [-0.4, -0.2) is 27.7 Å². The van der Waals surface area contributed by atoms with Crippen LogP contribution in [0.2, 0.25) is 0 Å². The van der Waals surface area contributed by atoms with Crippen LogP contribution in [0.1, 0.15) is 12.5 Å². The molecular weight excluding hydrogens is 228 g/mol. The highest BCUT2D eigenvalue weighted by atomic mass is 19.3. The monoisotopic (exact) mass is 245 g/mol. The first-order valence-corrected chi connectivity index (χ1v) is 5.19. The molecule has 17 heavy (non-hydrogen) atoms. The molecule has 0 heterocycles. The molecule has 96 valence electrons. The molecule has 1 N–H and O–H groups in total. The van der Waals surface area contributed by atoms with Gasteiger partial charge in [0.15, 0.2) is 11.5 Å². The summed E-state index contributed by atoms with van der Waals surface area (Å²) in [7, 11) is 4.48. The molecule has 5 heteroatoms. The fourth-order valence-corrected chi connectivity index (χ4v) is 1.54. The lowest BCUT2D eigenvalue weighted by atomic mass is 9.92. The number of ether oxygens (including phenoxy) is 2. The summed E-state index contributed by atoms with van der Waals surface area (Å²) in [4.78, 5) is 0. The summed E-state index contributed by atoms with van der Waals surface area (Å²) in [6.45, 7) is 1.44. The molecule has 0 radical (unpaired) electrons. The first kappa shape index (κ1) is 13.7. The zero-order valence-electron chi connectivity index (χ0n) is 10.4. The third kappa shape index (κ3) is 2.49. The van der Waals surface area contributed by atoms with Crippen LogP contribution in [0.3, 0.4) is 0 Å². The van der Waals surface area contributed by atoms with E-state index in [-0.39, 0.29) is 0 Å². The largest absolute Gasteiger partial charge is 0.493 e. The van der Waals surface area contributed by atoms with Crippen molar-refractivity contribution in [2.45, 2.75) is 18.9 Å². The van der Waals surface area contributed by atoms with Gasteiger partial charge in [-0.05, 0) is 31.7 Å². The molecule has 1 rings (SSSR count). The van der Waals surface area contributed by atoms with Gasteiger partial charge >= 0.3 is 0 Å². The Morgan fingerprint density at radius 3 is 2.18 bits per heavy atom. The summed E-state index contributed by atoms with van der Waals surface area (Å²) in [6.07, 6.45) is -2.52. The van der Waals surface area contributed by atoms with E-state index in [2.05, 4.69) is 5.32 Å². The SMILES string of the molecule is CNC(C)(c1ccc(OC)c(OC)c1)C(F)F. The van der Waals surface area contributed by atoms with Crippen molar-refractivity contribution in [3.8, 4) is 11.5 Å². The number of alkyl halides is 2. The maximum Gasteiger partial charge on any atom is 0.260 e. The van der Waals surface area contributed by atoms with Crippen molar-refractivity contribution in [3.63, 3.8) is 0 Å². The normalized spacial score (nSPS) is 14.5. The Morgan fingerprint density at radius 2 is 1.76 bits per heavy atom. The molecule has 0 saturated carbocycles. The predicted octanol–water partition coefficient (Wildman–Crippen LogP) is 2.40. The molecule has 0 aromatic heterocycles. The molecule has 0 fully saturated rings. The quantitative estimate of drug-likeness (QED) is 0.864. The smallest absolute Gasteiger partial charge is 0.260 e. The number of nitrogens with one attached hydrogen (secondary N) is 1. The Bertz CT molecular complexity index is 385. The van der Waals surface area contributed by atoms with Gasteiger partial charge in [0.05, 0.1) is 14.2 Å². The standard InChI is InChI=1S/C12H17F2NO2/c1-12(15-2,11(13)14)8-5-6-9(16-3)10(7-8)17-4/h5-7,11,15H,1-4H3. The molecule has 1 aromatic carbocycles. The van der Waals surface area contributed by atoms with E-state index in [0.717, 1.165) is 0 Å². The molecule has 0 spiro atoms. The number of halogens is 2. The van der Waals surface area contributed by atoms with Crippen molar-refractivity contribution in [2.24, 2.45) is 0 Å². The summed E-state index contributed by atoms with van der Waals surface area (Å²) in [5, 5.41) is 2.64. The Labute approximate surface area is 99.7 Å². The van der Waals surface area contributed by atoms with E-state index in [4.69, 9.17) is 9.47 Å². The van der Waals surface area contributed by atoms with Crippen LogP contribution < -0.4 is 14.8 Å². The van der Waals surface area contributed by atoms with Crippen molar-refractivity contribution in [2.75, 3.05) is 21.3 Å². The lowest BCUT2D eigenvalue weighted by Gasteiger charge is -2.29. The number of hydrogen-bond donors (Lipinski definition) is 1. The lowest BCUT2D eigenvalue weighted by Crippen LogP contribution is -2.43. The van der Waals surface area contributed by atoms with E-state index in [9.17, 15) is 8.78 Å². The second kappa shape index (κ2) is 5.31. The molecule has 1 unspecified atom stereocenters. The summed E-state index contributed by atoms with van der Waals surface area (Å²) in [6, 6.07) is 4.78. The van der Waals surface area contributed by atoms with Gasteiger partial charge in [-0.25, -0.2) is 8.78 Å². The van der Waals surface area contributed by atoms with Crippen molar-refractivity contribution >= 4 is 0 Å². The second-order valence-electron chi connectivity index (χ2n) is 3.82. The highest BCUT2D eigenvalue weighted by molar-refractivity contribution is 5.45. The number of benzene rings is 1. The maximum absolute atomic E-state index is 13.1. The Balaban J connectivity index is 3.23. The number of rotatable bonds is 5. The minimum absolute atomic E-state index is 0.437. The van der Waals surface area contributed by atoms with Gasteiger partial charge in [-0.1, -0.05) is 6.07 Å². The number of hydrogen-bond acceptors (Lipinski definition) is 3. The van der Waals surface area contributed by atoms with E-state index < -0.39 is 12.0 Å². The number of methoxy groups -OCH3 is 2. The molecule has 1 atom stereocenters. The first-order valence-electron chi connectivity index (χ1n) is 5.19. The minimum atomic E-state index is -2.52. The van der Waals surface area contributed by atoms with Crippen molar-refractivity contribution < 1.29 is 18.3 Å². The predicted molar refractivity (Wildman–Crippen MR) is 62.0 cm³/mol. The summed E-state index contributed by atoms with van der Waals surface area (Å²) < 4.78 is 36.3. The van der Waals surface area contributed by atoms with Gasteiger partial charge in [-0.3, -0.25) is 0 Å². The molecular formula is C12H17F2NO2. The van der Waals surface area contributed by atoms with E-state index in [1.807, 2.05) is 0 Å². The highest BCUT2D eigenvalue weighted by Gasteiger charge is 2.35. The van der Waals surface area contributed by atoms with Crippen LogP contribution in [0.15, 0.2) is 18.2 Å². The summed E-state index contributed by atoms with van der Waals surface area (Å²) >= 11 is 0. The van der Waals surface area contributed by atoms with Gasteiger partial charge in [-0.2, -0.15) is 0 Å².